The molecule has 1 fully saturated rings. The molecule has 114 valence electrons. The quantitative estimate of drug-likeness (QED) is 0.521. The number of primary amides is 1. The second-order valence-electron chi connectivity index (χ2n) is 5.14. The van der Waals surface area contributed by atoms with Gasteiger partial charge in [0, 0.05) is 13.0 Å². The van der Waals surface area contributed by atoms with E-state index in [0.717, 1.165) is 0 Å². The van der Waals surface area contributed by atoms with Crippen molar-refractivity contribution in [1.82, 2.24) is 10.2 Å². The van der Waals surface area contributed by atoms with Crippen molar-refractivity contribution in [2.75, 3.05) is 26.2 Å². The molecule has 0 aliphatic carbocycles. The van der Waals surface area contributed by atoms with Crippen LogP contribution in [0.4, 0.5) is 4.79 Å². The van der Waals surface area contributed by atoms with Gasteiger partial charge in [0.05, 0.1) is 13.1 Å². The molecule has 0 aromatic heterocycles. The van der Waals surface area contributed by atoms with Gasteiger partial charge in [0.25, 0.3) is 0 Å². The number of ether oxygens (including phenoxy) is 1. The Hall–Kier alpha value is -1.83. The van der Waals surface area contributed by atoms with Gasteiger partial charge in [-0.15, -0.1) is 0 Å². The van der Waals surface area contributed by atoms with Gasteiger partial charge in [-0.1, -0.05) is 0 Å². The van der Waals surface area contributed by atoms with Crippen LogP contribution < -0.4 is 11.1 Å². The van der Waals surface area contributed by atoms with Crippen molar-refractivity contribution in [3.63, 3.8) is 0 Å². The third-order valence-electron chi connectivity index (χ3n) is 3.01. The molecule has 1 aliphatic heterocycles. The molecule has 1 rings (SSSR count). The summed E-state index contributed by atoms with van der Waals surface area (Å²) in [4.78, 5) is 34.2. The van der Waals surface area contributed by atoms with Crippen LogP contribution in [0.1, 0.15) is 26.2 Å². The molecule has 0 radical (unpaired) electrons. The van der Waals surface area contributed by atoms with Crippen molar-refractivity contribution in [1.29, 1.82) is 0 Å². The van der Waals surface area contributed by atoms with Gasteiger partial charge in [-0.3, -0.25) is 4.79 Å². The Morgan fingerprint density at radius 2 is 2.00 bits per heavy atom. The van der Waals surface area contributed by atoms with E-state index in [1.807, 2.05) is 0 Å². The number of carbonyl (C=O) groups is 3. The van der Waals surface area contributed by atoms with Crippen LogP contribution in [0.3, 0.4) is 0 Å². The summed E-state index contributed by atoms with van der Waals surface area (Å²) in [7, 11) is 0. The van der Waals surface area contributed by atoms with Crippen molar-refractivity contribution in [3.8, 4) is 0 Å². The Labute approximate surface area is 117 Å². The predicted octanol–water partition coefficient (Wildman–Crippen LogP) is -0.473. The van der Waals surface area contributed by atoms with Gasteiger partial charge in [-0.05, 0) is 19.8 Å². The lowest BCUT2D eigenvalue weighted by Gasteiger charge is -2.46. The molecule has 3 amide bonds. The number of aliphatic carboxylic acids is 1. The summed E-state index contributed by atoms with van der Waals surface area (Å²) in [6, 6.07) is -0.208. The number of rotatable bonds is 8. The van der Waals surface area contributed by atoms with Crippen molar-refractivity contribution in [2.45, 2.75) is 31.8 Å². The van der Waals surface area contributed by atoms with E-state index in [1.54, 1.807) is 11.8 Å². The normalized spacial score (nSPS) is 16.4. The largest absolute Gasteiger partial charge is 0.480 e. The fourth-order valence-electron chi connectivity index (χ4n) is 1.96. The summed E-state index contributed by atoms with van der Waals surface area (Å²) in [5.41, 5.74) is 4.42. The highest BCUT2D eigenvalue weighted by Crippen LogP contribution is 2.24. The van der Waals surface area contributed by atoms with Crippen molar-refractivity contribution >= 4 is 17.9 Å². The first kappa shape index (κ1) is 16.2. The molecule has 0 saturated carbocycles. The van der Waals surface area contributed by atoms with E-state index < -0.39 is 11.6 Å². The van der Waals surface area contributed by atoms with Crippen molar-refractivity contribution < 1.29 is 24.2 Å². The second kappa shape index (κ2) is 7.09. The lowest BCUT2D eigenvalue weighted by atomic mass is 9.97. The van der Waals surface area contributed by atoms with E-state index >= 15 is 0 Å². The SMILES string of the molecule is CC1(OCC(=O)O)CN(C(=O)NCCCCC(N)=O)C1. The molecule has 0 spiro atoms. The number of carboxylic acids is 1. The van der Waals surface area contributed by atoms with Gasteiger partial charge in [-0.25, -0.2) is 9.59 Å². The van der Waals surface area contributed by atoms with Gasteiger partial charge in [-0.2, -0.15) is 0 Å². The number of carbonyl (C=O) groups excluding carboxylic acids is 2. The molecule has 0 atom stereocenters. The van der Waals surface area contributed by atoms with Gasteiger partial charge in [0.2, 0.25) is 5.91 Å². The highest BCUT2D eigenvalue weighted by Gasteiger charge is 2.42. The monoisotopic (exact) mass is 287 g/mol. The van der Waals surface area contributed by atoms with Crippen LogP contribution in [0.15, 0.2) is 0 Å². The summed E-state index contributed by atoms with van der Waals surface area (Å²) < 4.78 is 5.20. The molecule has 8 nitrogen and oxygen atoms in total. The predicted molar refractivity (Wildman–Crippen MR) is 70.0 cm³/mol. The van der Waals surface area contributed by atoms with E-state index in [2.05, 4.69) is 5.32 Å². The number of hydrogen-bond donors (Lipinski definition) is 3. The van der Waals surface area contributed by atoms with E-state index in [-0.39, 0.29) is 18.5 Å². The Bertz CT molecular complexity index is 379. The number of urea groups is 1. The summed E-state index contributed by atoms with van der Waals surface area (Å²) in [6.07, 6.45) is 1.66. The lowest BCUT2D eigenvalue weighted by Crippen LogP contribution is -2.65. The fourth-order valence-corrected chi connectivity index (χ4v) is 1.96. The molecule has 0 bridgehead atoms. The average molecular weight is 287 g/mol. The Morgan fingerprint density at radius 1 is 1.35 bits per heavy atom. The summed E-state index contributed by atoms with van der Waals surface area (Å²) in [5.74, 6) is -1.37. The van der Waals surface area contributed by atoms with E-state index in [0.29, 0.717) is 38.9 Å². The average Bonchev–Trinajstić information content (AvgIpc) is 2.31. The number of amides is 3. The van der Waals surface area contributed by atoms with Crippen LogP contribution in [0.25, 0.3) is 0 Å². The Morgan fingerprint density at radius 3 is 2.55 bits per heavy atom. The van der Waals surface area contributed by atoms with Gasteiger partial charge in [0.1, 0.15) is 12.2 Å². The van der Waals surface area contributed by atoms with E-state index in [1.165, 1.54) is 0 Å². The summed E-state index contributed by atoms with van der Waals surface area (Å²) >= 11 is 0. The molecule has 4 N–H and O–H groups in total. The Balaban J connectivity index is 2.12. The van der Waals surface area contributed by atoms with Crippen LogP contribution in [0.5, 0.6) is 0 Å². The first-order chi connectivity index (χ1) is 9.32. The second-order valence-corrected chi connectivity index (χ2v) is 5.14. The molecule has 8 heteroatoms. The summed E-state index contributed by atoms with van der Waals surface area (Å²) in [5, 5.41) is 11.3. The minimum absolute atomic E-state index is 0.208. The van der Waals surface area contributed by atoms with E-state index in [9.17, 15) is 14.4 Å². The third-order valence-corrected chi connectivity index (χ3v) is 3.01. The molecular weight excluding hydrogens is 266 g/mol. The maximum Gasteiger partial charge on any atom is 0.329 e. The van der Waals surface area contributed by atoms with Gasteiger partial charge in [0.15, 0.2) is 0 Å². The number of unbranched alkanes of at least 4 members (excludes halogenated alkanes) is 1. The molecule has 20 heavy (non-hydrogen) atoms. The number of likely N-dealkylation sites (tertiary alicyclic amines) is 1. The van der Waals surface area contributed by atoms with E-state index in [4.69, 9.17) is 15.6 Å². The minimum atomic E-state index is -1.02. The van der Waals surface area contributed by atoms with Crippen LogP contribution in [-0.2, 0) is 14.3 Å². The molecule has 1 aliphatic rings. The maximum atomic E-state index is 11.7. The van der Waals surface area contributed by atoms with Gasteiger partial charge >= 0.3 is 12.0 Å². The molecule has 0 unspecified atom stereocenters. The lowest BCUT2D eigenvalue weighted by molar-refractivity contribution is -0.159. The number of nitrogens with one attached hydrogen (secondary N) is 1. The molecule has 0 aromatic carbocycles. The zero-order chi connectivity index (χ0) is 15.2. The van der Waals surface area contributed by atoms with Crippen LogP contribution in [-0.4, -0.2) is 59.8 Å². The maximum absolute atomic E-state index is 11.7. The van der Waals surface area contributed by atoms with Crippen LogP contribution in [0, 0.1) is 0 Å². The van der Waals surface area contributed by atoms with Crippen molar-refractivity contribution in [3.05, 3.63) is 0 Å². The number of nitrogens with zero attached hydrogens (tertiary/aromatic N) is 1. The number of nitrogens with two attached hydrogens (primary N) is 1. The zero-order valence-electron chi connectivity index (χ0n) is 11.6. The molecule has 0 aromatic rings. The summed E-state index contributed by atoms with van der Waals surface area (Å²) in [6.45, 7) is 2.63. The first-order valence-electron chi connectivity index (χ1n) is 6.49. The molecular formula is C12H21N3O5. The van der Waals surface area contributed by atoms with Crippen LogP contribution in [0.2, 0.25) is 0 Å². The highest BCUT2D eigenvalue weighted by molar-refractivity contribution is 5.75. The third kappa shape index (κ3) is 5.43. The highest BCUT2D eigenvalue weighted by atomic mass is 16.5. The Kier molecular flexibility index (Phi) is 5.75. The van der Waals surface area contributed by atoms with Gasteiger partial charge < -0.3 is 25.8 Å². The number of hydrogen-bond acceptors (Lipinski definition) is 4. The smallest absolute Gasteiger partial charge is 0.329 e. The number of carboxylic acid groups (broad SMARTS) is 1. The molecule has 1 heterocycles. The standard InChI is InChI=1S/C12H21N3O5/c1-12(20-6-10(17)18)7-15(8-12)11(19)14-5-3-2-4-9(13)16/h2-8H2,1H3,(H2,13,16)(H,14,19)(H,17,18). The van der Waals surface area contributed by atoms with Crippen molar-refractivity contribution in [2.24, 2.45) is 5.73 Å². The fraction of sp³-hybridized carbons (Fsp3) is 0.750. The minimum Gasteiger partial charge on any atom is -0.480 e. The topological polar surface area (TPSA) is 122 Å². The molecule has 1 saturated heterocycles. The zero-order valence-corrected chi connectivity index (χ0v) is 11.6. The van der Waals surface area contributed by atoms with Crippen LogP contribution >= 0.6 is 0 Å². The first-order valence-corrected chi connectivity index (χ1v) is 6.49.